The molecule has 16 heavy (non-hydrogen) atoms. The molecular formula is C10H11BrN4O. The van der Waals surface area contributed by atoms with Gasteiger partial charge in [-0.05, 0) is 24.7 Å². The summed E-state index contributed by atoms with van der Waals surface area (Å²) < 4.78 is 0.866. The monoisotopic (exact) mass is 282 g/mol. The van der Waals surface area contributed by atoms with Crippen molar-refractivity contribution in [2.45, 2.75) is 6.42 Å². The molecule has 1 heterocycles. The van der Waals surface area contributed by atoms with Gasteiger partial charge in [-0.1, -0.05) is 15.9 Å². The average Bonchev–Trinajstić information content (AvgIpc) is 2.71. The molecule has 0 aliphatic carbocycles. The number of rotatable bonds is 3. The zero-order valence-corrected chi connectivity index (χ0v) is 10.0. The van der Waals surface area contributed by atoms with E-state index in [0.717, 1.165) is 10.3 Å². The third kappa shape index (κ3) is 2.23. The summed E-state index contributed by atoms with van der Waals surface area (Å²) >= 11 is 3.33. The summed E-state index contributed by atoms with van der Waals surface area (Å²) in [5.41, 5.74) is 6.01. The minimum Gasteiger partial charge on any atom is -0.507 e. The number of nitrogens with two attached hydrogens (primary N) is 1. The Morgan fingerprint density at radius 3 is 3.00 bits per heavy atom. The number of phenolic OH excluding ortho intramolecular Hbond substituents is 1. The molecular weight excluding hydrogens is 272 g/mol. The van der Waals surface area contributed by atoms with Crippen molar-refractivity contribution >= 4 is 15.9 Å². The first-order chi connectivity index (χ1) is 7.70. The molecule has 2 aromatic rings. The first-order valence-electron chi connectivity index (χ1n) is 4.81. The number of nitrogens with zero attached hydrogens (tertiary/aromatic N) is 2. The number of benzene rings is 1. The van der Waals surface area contributed by atoms with Crippen LogP contribution in [-0.4, -0.2) is 26.8 Å². The summed E-state index contributed by atoms with van der Waals surface area (Å²) in [6.45, 7) is 0.513. The van der Waals surface area contributed by atoms with Gasteiger partial charge in [0.2, 0.25) is 0 Å². The molecule has 0 aliphatic rings. The van der Waals surface area contributed by atoms with Gasteiger partial charge >= 0.3 is 0 Å². The summed E-state index contributed by atoms with van der Waals surface area (Å²) in [5, 5.41) is 16.5. The largest absolute Gasteiger partial charge is 0.507 e. The fourth-order valence-electron chi connectivity index (χ4n) is 1.35. The summed E-state index contributed by atoms with van der Waals surface area (Å²) in [6.07, 6.45) is 0.641. The van der Waals surface area contributed by atoms with Crippen LogP contribution in [0, 0.1) is 0 Å². The van der Waals surface area contributed by atoms with E-state index in [1.54, 1.807) is 18.2 Å². The predicted octanol–water partition coefficient (Wildman–Crippen LogP) is 1.44. The van der Waals surface area contributed by atoms with E-state index in [-0.39, 0.29) is 5.75 Å². The molecule has 5 nitrogen and oxygen atoms in total. The van der Waals surface area contributed by atoms with E-state index in [1.807, 2.05) is 0 Å². The number of phenols is 1. The van der Waals surface area contributed by atoms with Gasteiger partial charge in [0.05, 0.1) is 5.56 Å². The smallest absolute Gasteiger partial charge is 0.184 e. The number of hydrogen-bond donors (Lipinski definition) is 3. The fraction of sp³-hybridized carbons (Fsp3) is 0.200. The van der Waals surface area contributed by atoms with Crippen molar-refractivity contribution in [3.8, 4) is 17.1 Å². The minimum absolute atomic E-state index is 0.154. The highest BCUT2D eigenvalue weighted by Crippen LogP contribution is 2.29. The van der Waals surface area contributed by atoms with Crippen LogP contribution in [0.15, 0.2) is 22.7 Å². The molecule has 0 atom stereocenters. The molecule has 0 amide bonds. The molecule has 0 radical (unpaired) electrons. The Hall–Kier alpha value is -1.40. The second-order valence-electron chi connectivity index (χ2n) is 3.31. The topological polar surface area (TPSA) is 87.8 Å². The van der Waals surface area contributed by atoms with Gasteiger partial charge in [-0.3, -0.25) is 5.10 Å². The van der Waals surface area contributed by atoms with Gasteiger partial charge in [-0.15, -0.1) is 0 Å². The quantitative estimate of drug-likeness (QED) is 0.795. The Balaban J connectivity index is 2.38. The highest BCUT2D eigenvalue weighted by atomic mass is 79.9. The third-order valence-corrected chi connectivity index (χ3v) is 2.61. The van der Waals surface area contributed by atoms with Gasteiger partial charge in [0.15, 0.2) is 5.82 Å². The Morgan fingerprint density at radius 1 is 1.44 bits per heavy atom. The van der Waals surface area contributed by atoms with Crippen molar-refractivity contribution in [2.24, 2.45) is 5.73 Å². The lowest BCUT2D eigenvalue weighted by atomic mass is 10.2. The molecule has 1 aromatic heterocycles. The van der Waals surface area contributed by atoms with Gasteiger partial charge in [-0.2, -0.15) is 5.10 Å². The number of aromatic nitrogens is 3. The van der Waals surface area contributed by atoms with Crippen LogP contribution < -0.4 is 5.73 Å². The predicted molar refractivity (Wildman–Crippen MR) is 63.9 cm³/mol. The zero-order valence-electron chi connectivity index (χ0n) is 8.44. The number of aromatic hydroxyl groups is 1. The molecule has 0 saturated carbocycles. The van der Waals surface area contributed by atoms with Crippen LogP contribution in [0.2, 0.25) is 0 Å². The van der Waals surface area contributed by atoms with E-state index in [0.29, 0.717) is 24.4 Å². The fourth-order valence-corrected chi connectivity index (χ4v) is 1.71. The maximum atomic E-state index is 9.69. The van der Waals surface area contributed by atoms with Crippen LogP contribution in [0.3, 0.4) is 0 Å². The third-order valence-electron chi connectivity index (χ3n) is 2.11. The van der Waals surface area contributed by atoms with Crippen molar-refractivity contribution in [1.82, 2.24) is 15.2 Å². The summed E-state index contributed by atoms with van der Waals surface area (Å²) in [5.74, 6) is 1.35. The standard InChI is InChI=1S/C10H11BrN4O/c11-6-1-2-8(16)7(5-6)10-13-9(3-4-12)14-15-10/h1-2,5,16H,3-4,12H2,(H,13,14,15). The summed E-state index contributed by atoms with van der Waals surface area (Å²) in [4.78, 5) is 4.24. The number of halogens is 1. The van der Waals surface area contributed by atoms with Crippen LogP contribution in [0.4, 0.5) is 0 Å². The molecule has 1 aromatic carbocycles. The summed E-state index contributed by atoms with van der Waals surface area (Å²) in [7, 11) is 0. The second kappa shape index (κ2) is 4.63. The van der Waals surface area contributed by atoms with Crippen molar-refractivity contribution < 1.29 is 5.11 Å². The Kier molecular flexibility index (Phi) is 3.21. The van der Waals surface area contributed by atoms with Crippen LogP contribution in [0.5, 0.6) is 5.75 Å². The van der Waals surface area contributed by atoms with Crippen molar-refractivity contribution in [3.63, 3.8) is 0 Å². The van der Waals surface area contributed by atoms with E-state index < -0.39 is 0 Å². The van der Waals surface area contributed by atoms with Crippen LogP contribution in [0.25, 0.3) is 11.4 Å². The normalized spacial score (nSPS) is 10.6. The van der Waals surface area contributed by atoms with Crippen LogP contribution in [-0.2, 0) is 6.42 Å². The van der Waals surface area contributed by atoms with E-state index in [2.05, 4.69) is 31.1 Å². The first kappa shape index (κ1) is 11.1. The molecule has 4 N–H and O–H groups in total. The van der Waals surface area contributed by atoms with E-state index in [9.17, 15) is 5.11 Å². The SMILES string of the molecule is NCCc1nc(-c2cc(Br)ccc2O)n[nH]1. The van der Waals surface area contributed by atoms with Gasteiger partial charge in [0, 0.05) is 10.9 Å². The maximum absolute atomic E-state index is 9.69. The first-order valence-corrected chi connectivity index (χ1v) is 5.60. The van der Waals surface area contributed by atoms with Gasteiger partial charge in [0.25, 0.3) is 0 Å². The van der Waals surface area contributed by atoms with Gasteiger partial charge in [0.1, 0.15) is 11.6 Å². The molecule has 0 unspecified atom stereocenters. The zero-order chi connectivity index (χ0) is 11.5. The van der Waals surface area contributed by atoms with Crippen LogP contribution >= 0.6 is 15.9 Å². The second-order valence-corrected chi connectivity index (χ2v) is 4.22. The Morgan fingerprint density at radius 2 is 2.25 bits per heavy atom. The molecule has 84 valence electrons. The number of nitrogens with one attached hydrogen (secondary N) is 1. The highest BCUT2D eigenvalue weighted by molar-refractivity contribution is 9.10. The molecule has 0 aliphatic heterocycles. The van der Waals surface area contributed by atoms with E-state index >= 15 is 0 Å². The lowest BCUT2D eigenvalue weighted by Gasteiger charge is -1.99. The Bertz CT molecular complexity index is 497. The molecule has 0 spiro atoms. The maximum Gasteiger partial charge on any atom is 0.184 e. The average molecular weight is 283 g/mol. The van der Waals surface area contributed by atoms with Gasteiger partial charge in [-0.25, -0.2) is 4.98 Å². The Labute approximate surface area is 101 Å². The lowest BCUT2D eigenvalue weighted by molar-refractivity contribution is 0.477. The van der Waals surface area contributed by atoms with Crippen molar-refractivity contribution in [3.05, 3.63) is 28.5 Å². The van der Waals surface area contributed by atoms with Gasteiger partial charge < -0.3 is 10.8 Å². The summed E-state index contributed by atoms with van der Waals surface area (Å²) in [6, 6.07) is 5.12. The molecule has 0 fully saturated rings. The number of aromatic amines is 1. The number of H-pyrrole nitrogens is 1. The van der Waals surface area contributed by atoms with Crippen molar-refractivity contribution in [1.29, 1.82) is 0 Å². The molecule has 2 rings (SSSR count). The molecule has 0 saturated heterocycles. The highest BCUT2D eigenvalue weighted by Gasteiger charge is 2.10. The molecule has 6 heteroatoms. The van der Waals surface area contributed by atoms with Crippen molar-refractivity contribution in [2.75, 3.05) is 6.54 Å². The number of hydrogen-bond acceptors (Lipinski definition) is 4. The lowest BCUT2D eigenvalue weighted by Crippen LogP contribution is -2.03. The van der Waals surface area contributed by atoms with E-state index in [1.165, 1.54) is 0 Å². The molecule has 0 bridgehead atoms. The van der Waals surface area contributed by atoms with Crippen LogP contribution in [0.1, 0.15) is 5.82 Å². The minimum atomic E-state index is 0.154. The van der Waals surface area contributed by atoms with E-state index in [4.69, 9.17) is 5.73 Å².